The molecule has 0 spiro atoms. The summed E-state index contributed by atoms with van der Waals surface area (Å²) in [6, 6.07) is 2.47. The van der Waals surface area contributed by atoms with Crippen molar-refractivity contribution in [3.8, 4) is 0 Å². The van der Waals surface area contributed by atoms with Gasteiger partial charge in [0.25, 0.3) is 0 Å². The van der Waals surface area contributed by atoms with Gasteiger partial charge in [0, 0.05) is 18.9 Å². The summed E-state index contributed by atoms with van der Waals surface area (Å²) in [5.74, 6) is -1.01. The van der Waals surface area contributed by atoms with E-state index < -0.39 is 18.0 Å². The predicted molar refractivity (Wildman–Crippen MR) is 70.8 cm³/mol. The van der Waals surface area contributed by atoms with Gasteiger partial charge in [-0.1, -0.05) is 13.3 Å². The van der Waals surface area contributed by atoms with Crippen molar-refractivity contribution in [3.05, 3.63) is 30.1 Å². The van der Waals surface area contributed by atoms with E-state index in [1.54, 1.807) is 12.4 Å². The summed E-state index contributed by atoms with van der Waals surface area (Å²) in [5.41, 5.74) is 1.07. The number of urea groups is 1. The lowest BCUT2D eigenvalue weighted by molar-refractivity contribution is -0.139. The van der Waals surface area contributed by atoms with Gasteiger partial charge in [0.2, 0.25) is 0 Å². The smallest absolute Gasteiger partial charge is 0.326 e. The van der Waals surface area contributed by atoms with Crippen molar-refractivity contribution in [1.82, 2.24) is 15.6 Å². The zero-order valence-electron chi connectivity index (χ0n) is 10.9. The first kappa shape index (κ1) is 14.9. The number of amides is 2. The lowest BCUT2D eigenvalue weighted by atomic mass is 10.2. The summed E-state index contributed by atoms with van der Waals surface area (Å²) < 4.78 is 0. The maximum Gasteiger partial charge on any atom is 0.326 e. The van der Waals surface area contributed by atoms with Gasteiger partial charge < -0.3 is 15.7 Å². The molecule has 1 aromatic rings. The minimum atomic E-state index is -1.01. The first-order chi connectivity index (χ1) is 9.13. The van der Waals surface area contributed by atoms with Crippen LogP contribution in [0.1, 0.15) is 25.3 Å². The van der Waals surface area contributed by atoms with Gasteiger partial charge in [-0.15, -0.1) is 0 Å². The van der Waals surface area contributed by atoms with Crippen molar-refractivity contribution < 1.29 is 14.7 Å². The van der Waals surface area contributed by atoms with Gasteiger partial charge in [0.15, 0.2) is 0 Å². The number of aliphatic carboxylic acids is 1. The molecule has 0 aromatic carbocycles. The van der Waals surface area contributed by atoms with E-state index in [-0.39, 0.29) is 0 Å². The number of carbonyl (C=O) groups excluding carboxylic acids is 1. The monoisotopic (exact) mass is 265 g/mol. The number of pyridine rings is 1. The van der Waals surface area contributed by atoms with Gasteiger partial charge in [-0.25, -0.2) is 9.59 Å². The maximum absolute atomic E-state index is 11.5. The highest BCUT2D eigenvalue weighted by Gasteiger charge is 2.18. The van der Waals surface area contributed by atoms with Crippen LogP contribution in [-0.4, -0.2) is 34.7 Å². The number of rotatable bonds is 7. The Morgan fingerprint density at radius 1 is 1.37 bits per heavy atom. The number of hydrogen-bond donors (Lipinski definition) is 3. The maximum atomic E-state index is 11.5. The summed E-state index contributed by atoms with van der Waals surface area (Å²) in [5, 5.41) is 14.0. The van der Waals surface area contributed by atoms with E-state index in [1.165, 1.54) is 0 Å². The second-order valence-electron chi connectivity index (χ2n) is 4.19. The van der Waals surface area contributed by atoms with Crippen LogP contribution in [0.5, 0.6) is 0 Å². The molecule has 1 rings (SSSR count). The fourth-order valence-corrected chi connectivity index (χ4v) is 1.63. The third kappa shape index (κ3) is 5.85. The van der Waals surface area contributed by atoms with E-state index in [4.69, 9.17) is 5.11 Å². The molecule has 0 aliphatic heterocycles. The largest absolute Gasteiger partial charge is 0.480 e. The minimum absolute atomic E-state index is 0.424. The molecule has 0 aliphatic carbocycles. The van der Waals surface area contributed by atoms with Gasteiger partial charge in [-0.05, 0) is 30.5 Å². The fraction of sp³-hybridized carbons (Fsp3) is 0.462. The third-order valence-electron chi connectivity index (χ3n) is 2.63. The molecule has 3 N–H and O–H groups in total. The predicted octanol–water partition coefficient (Wildman–Crippen LogP) is 1.18. The number of nitrogens with zero attached hydrogens (tertiary/aromatic N) is 1. The Morgan fingerprint density at radius 3 is 2.63 bits per heavy atom. The standard InChI is InChI=1S/C13H19N3O3/c1-2-3-11(12(17)18)16-13(19)15-9-6-10-4-7-14-8-5-10/h4-5,7-8,11H,2-3,6,9H2,1H3,(H,17,18)(H2,15,16,19)/t11-/m0/s1. The van der Waals surface area contributed by atoms with Crippen LogP contribution in [0.15, 0.2) is 24.5 Å². The van der Waals surface area contributed by atoms with Crippen LogP contribution in [0.4, 0.5) is 4.79 Å². The average Bonchev–Trinajstić information content (AvgIpc) is 2.39. The van der Waals surface area contributed by atoms with Gasteiger partial charge >= 0.3 is 12.0 Å². The molecule has 0 aliphatic rings. The van der Waals surface area contributed by atoms with Crippen LogP contribution < -0.4 is 10.6 Å². The highest BCUT2D eigenvalue weighted by atomic mass is 16.4. The van der Waals surface area contributed by atoms with Crippen molar-refractivity contribution in [2.75, 3.05) is 6.54 Å². The highest BCUT2D eigenvalue weighted by molar-refractivity contribution is 5.82. The molecule has 104 valence electrons. The summed E-state index contributed by atoms with van der Waals surface area (Å²) in [7, 11) is 0. The Morgan fingerprint density at radius 2 is 2.05 bits per heavy atom. The lowest BCUT2D eigenvalue weighted by Gasteiger charge is -2.14. The summed E-state index contributed by atoms with van der Waals surface area (Å²) >= 11 is 0. The molecule has 2 amide bonds. The fourth-order valence-electron chi connectivity index (χ4n) is 1.63. The Bertz CT molecular complexity index is 409. The number of aromatic nitrogens is 1. The molecule has 0 fully saturated rings. The summed E-state index contributed by atoms with van der Waals surface area (Å²) in [6.07, 6.45) is 5.19. The molecule has 6 nitrogen and oxygen atoms in total. The summed E-state index contributed by atoms with van der Waals surface area (Å²) in [6.45, 7) is 2.33. The van der Waals surface area contributed by atoms with Crippen LogP contribution >= 0.6 is 0 Å². The van der Waals surface area contributed by atoms with Gasteiger partial charge in [-0.2, -0.15) is 0 Å². The molecule has 1 heterocycles. The molecular formula is C13H19N3O3. The Balaban J connectivity index is 2.29. The third-order valence-corrected chi connectivity index (χ3v) is 2.63. The number of carboxylic acid groups (broad SMARTS) is 1. The quantitative estimate of drug-likeness (QED) is 0.690. The van der Waals surface area contributed by atoms with Crippen molar-refractivity contribution >= 4 is 12.0 Å². The average molecular weight is 265 g/mol. The van der Waals surface area contributed by atoms with Gasteiger partial charge in [0.1, 0.15) is 6.04 Å². The van der Waals surface area contributed by atoms with Crippen molar-refractivity contribution in [2.24, 2.45) is 0 Å². The second kappa shape index (κ2) is 8.07. The Kier molecular flexibility index (Phi) is 6.35. The van der Waals surface area contributed by atoms with E-state index in [1.807, 2.05) is 19.1 Å². The van der Waals surface area contributed by atoms with E-state index in [2.05, 4.69) is 15.6 Å². The zero-order valence-corrected chi connectivity index (χ0v) is 10.9. The number of carboxylic acids is 1. The van der Waals surface area contributed by atoms with Crippen LogP contribution in [0.25, 0.3) is 0 Å². The summed E-state index contributed by atoms with van der Waals surface area (Å²) in [4.78, 5) is 26.3. The second-order valence-corrected chi connectivity index (χ2v) is 4.19. The van der Waals surface area contributed by atoms with Crippen LogP contribution in [0, 0.1) is 0 Å². The number of hydrogen-bond acceptors (Lipinski definition) is 3. The molecular weight excluding hydrogens is 246 g/mol. The zero-order chi connectivity index (χ0) is 14.1. The SMILES string of the molecule is CCC[C@H](NC(=O)NCCc1ccncc1)C(=O)O. The molecule has 6 heteroatoms. The van der Waals surface area contributed by atoms with Crippen molar-refractivity contribution in [2.45, 2.75) is 32.2 Å². The van der Waals surface area contributed by atoms with Crippen LogP contribution in [0.3, 0.4) is 0 Å². The lowest BCUT2D eigenvalue weighted by Crippen LogP contribution is -2.46. The molecule has 0 radical (unpaired) electrons. The molecule has 0 saturated carbocycles. The molecule has 0 saturated heterocycles. The number of carbonyl (C=O) groups is 2. The van der Waals surface area contributed by atoms with E-state index >= 15 is 0 Å². The van der Waals surface area contributed by atoms with Gasteiger partial charge in [-0.3, -0.25) is 4.98 Å². The molecule has 19 heavy (non-hydrogen) atoms. The molecule has 0 unspecified atom stereocenters. The highest BCUT2D eigenvalue weighted by Crippen LogP contribution is 1.97. The first-order valence-electron chi connectivity index (χ1n) is 6.29. The van der Waals surface area contributed by atoms with E-state index in [9.17, 15) is 9.59 Å². The number of nitrogens with one attached hydrogen (secondary N) is 2. The van der Waals surface area contributed by atoms with Gasteiger partial charge in [0.05, 0.1) is 0 Å². The van der Waals surface area contributed by atoms with Crippen LogP contribution in [0.2, 0.25) is 0 Å². The van der Waals surface area contributed by atoms with E-state index in [0.717, 1.165) is 5.56 Å². The Hall–Kier alpha value is -2.11. The Labute approximate surface area is 112 Å². The normalized spacial score (nSPS) is 11.6. The minimum Gasteiger partial charge on any atom is -0.480 e. The topological polar surface area (TPSA) is 91.3 Å². The molecule has 1 aromatic heterocycles. The van der Waals surface area contributed by atoms with Crippen molar-refractivity contribution in [1.29, 1.82) is 0 Å². The van der Waals surface area contributed by atoms with Crippen LogP contribution in [-0.2, 0) is 11.2 Å². The molecule has 0 bridgehead atoms. The van der Waals surface area contributed by atoms with Crippen molar-refractivity contribution in [3.63, 3.8) is 0 Å². The first-order valence-corrected chi connectivity index (χ1v) is 6.29. The molecule has 1 atom stereocenters. The van der Waals surface area contributed by atoms with E-state index in [0.29, 0.717) is 25.8 Å².